The lowest BCUT2D eigenvalue weighted by Crippen LogP contribution is -2.21. The monoisotopic (exact) mass is 236 g/mol. The van der Waals surface area contributed by atoms with E-state index in [1.54, 1.807) is 0 Å². The minimum atomic E-state index is -0.726. The third-order valence-electron chi connectivity index (χ3n) is 3.52. The Labute approximate surface area is 100 Å². The molecule has 0 heterocycles. The number of hydrogen-bond donors (Lipinski definition) is 1. The van der Waals surface area contributed by atoms with Gasteiger partial charge >= 0.3 is 5.97 Å². The fourth-order valence-corrected chi connectivity index (χ4v) is 2.34. The minimum Gasteiger partial charge on any atom is -0.481 e. The fraction of sp³-hybridized carbons (Fsp3) is 0.500. The van der Waals surface area contributed by atoms with E-state index in [0.717, 1.165) is 36.8 Å². The fourth-order valence-electron chi connectivity index (χ4n) is 2.34. The van der Waals surface area contributed by atoms with Crippen LogP contribution in [0.5, 0.6) is 0 Å². The topological polar surface area (TPSA) is 37.3 Å². The largest absolute Gasteiger partial charge is 0.481 e. The van der Waals surface area contributed by atoms with Gasteiger partial charge in [0.05, 0.1) is 12.1 Å². The van der Waals surface area contributed by atoms with Crippen LogP contribution in [0.1, 0.15) is 36.8 Å². The van der Waals surface area contributed by atoms with Gasteiger partial charge in [0.15, 0.2) is 0 Å². The molecule has 1 aromatic rings. The highest BCUT2D eigenvalue weighted by molar-refractivity contribution is 5.85. The van der Waals surface area contributed by atoms with Crippen molar-refractivity contribution in [1.29, 1.82) is 0 Å². The Balaban J connectivity index is 2.19. The first kappa shape index (κ1) is 12.1. The Morgan fingerprint density at radius 2 is 2.00 bits per heavy atom. The molecular formula is C14H17FO2. The van der Waals surface area contributed by atoms with Gasteiger partial charge < -0.3 is 5.11 Å². The highest BCUT2D eigenvalue weighted by Gasteiger charge is 2.52. The summed E-state index contributed by atoms with van der Waals surface area (Å²) in [6.45, 7) is -0.299. The minimum absolute atomic E-state index is 0.299. The quantitative estimate of drug-likeness (QED) is 0.771. The number of unbranched alkanes of at least 4 members (excludes halogenated alkanes) is 1. The molecule has 0 aromatic heterocycles. The number of aryl methyl sites for hydroxylation is 1. The predicted molar refractivity (Wildman–Crippen MR) is 63.9 cm³/mol. The molecule has 2 nitrogen and oxygen atoms in total. The van der Waals surface area contributed by atoms with Crippen LogP contribution in [0, 0.1) is 0 Å². The molecule has 1 aliphatic rings. The highest BCUT2D eigenvalue weighted by Crippen LogP contribution is 2.49. The number of hydrogen-bond acceptors (Lipinski definition) is 1. The van der Waals surface area contributed by atoms with Crippen molar-refractivity contribution in [3.05, 3.63) is 35.4 Å². The van der Waals surface area contributed by atoms with E-state index < -0.39 is 11.4 Å². The van der Waals surface area contributed by atoms with Crippen LogP contribution < -0.4 is 0 Å². The molecule has 17 heavy (non-hydrogen) atoms. The molecule has 0 unspecified atom stereocenters. The first-order valence-electron chi connectivity index (χ1n) is 6.08. The number of alkyl halides is 1. The molecule has 0 bridgehead atoms. The number of rotatable bonds is 6. The summed E-state index contributed by atoms with van der Waals surface area (Å²) in [5.74, 6) is -0.726. The molecule has 0 aliphatic heterocycles. The molecule has 1 fully saturated rings. The van der Waals surface area contributed by atoms with Crippen molar-refractivity contribution >= 4 is 5.97 Å². The van der Waals surface area contributed by atoms with Crippen LogP contribution in [0.3, 0.4) is 0 Å². The summed E-state index contributed by atoms with van der Waals surface area (Å²) in [7, 11) is 0. The molecule has 0 radical (unpaired) electrons. The maximum absolute atomic E-state index is 12.1. The van der Waals surface area contributed by atoms with Crippen molar-refractivity contribution in [1.82, 2.24) is 0 Å². The maximum atomic E-state index is 12.1. The van der Waals surface area contributed by atoms with Gasteiger partial charge in [0.1, 0.15) is 0 Å². The number of carboxylic acids is 1. The normalized spacial score (nSPS) is 16.8. The van der Waals surface area contributed by atoms with Crippen LogP contribution >= 0.6 is 0 Å². The van der Waals surface area contributed by atoms with Crippen molar-refractivity contribution in [2.24, 2.45) is 0 Å². The number of carbonyl (C=O) groups is 1. The van der Waals surface area contributed by atoms with Crippen LogP contribution in [0.4, 0.5) is 4.39 Å². The number of carboxylic acid groups (broad SMARTS) is 1. The standard InChI is InChI=1S/C14H17FO2/c15-10-4-3-6-11-5-1-2-7-12(11)14(8-9-14)13(16)17/h1-2,5,7H,3-4,6,8-10H2,(H,16,17). The van der Waals surface area contributed by atoms with E-state index in [2.05, 4.69) is 0 Å². The van der Waals surface area contributed by atoms with E-state index in [1.807, 2.05) is 24.3 Å². The van der Waals surface area contributed by atoms with Crippen molar-refractivity contribution in [2.45, 2.75) is 37.5 Å². The van der Waals surface area contributed by atoms with Gasteiger partial charge in [0.2, 0.25) is 0 Å². The molecule has 3 heteroatoms. The molecule has 0 spiro atoms. The Hall–Kier alpha value is -1.38. The molecule has 1 aromatic carbocycles. The van der Waals surface area contributed by atoms with Crippen LogP contribution in [0.25, 0.3) is 0 Å². The Morgan fingerprint density at radius 1 is 1.29 bits per heavy atom. The van der Waals surface area contributed by atoms with Gasteiger partial charge in [-0.05, 0) is 43.2 Å². The molecule has 92 valence electrons. The smallest absolute Gasteiger partial charge is 0.314 e. The summed E-state index contributed by atoms with van der Waals surface area (Å²) in [6, 6.07) is 7.69. The Bertz CT molecular complexity index is 410. The van der Waals surface area contributed by atoms with Gasteiger partial charge in [-0.1, -0.05) is 24.3 Å². The van der Waals surface area contributed by atoms with Crippen LogP contribution in [-0.4, -0.2) is 17.8 Å². The molecule has 0 saturated heterocycles. The summed E-state index contributed by atoms with van der Waals surface area (Å²) < 4.78 is 12.1. The molecule has 0 atom stereocenters. The molecule has 2 rings (SSSR count). The van der Waals surface area contributed by atoms with Crippen molar-refractivity contribution in [2.75, 3.05) is 6.67 Å². The van der Waals surface area contributed by atoms with E-state index in [-0.39, 0.29) is 6.67 Å². The number of benzene rings is 1. The van der Waals surface area contributed by atoms with Gasteiger partial charge in [-0.3, -0.25) is 9.18 Å². The molecule has 0 amide bonds. The second kappa shape index (κ2) is 4.86. The highest BCUT2D eigenvalue weighted by atomic mass is 19.1. The van der Waals surface area contributed by atoms with E-state index in [1.165, 1.54) is 0 Å². The Morgan fingerprint density at radius 3 is 2.59 bits per heavy atom. The molecular weight excluding hydrogens is 219 g/mol. The summed E-state index contributed by atoms with van der Waals surface area (Å²) in [5.41, 5.74) is 1.36. The van der Waals surface area contributed by atoms with Gasteiger partial charge in [0.25, 0.3) is 0 Å². The van der Waals surface area contributed by atoms with Crippen LogP contribution in [0.15, 0.2) is 24.3 Å². The number of halogens is 1. The maximum Gasteiger partial charge on any atom is 0.314 e. The second-order valence-corrected chi connectivity index (χ2v) is 4.69. The van der Waals surface area contributed by atoms with Crippen LogP contribution in [0.2, 0.25) is 0 Å². The molecule has 1 aliphatic carbocycles. The summed E-state index contributed by atoms with van der Waals surface area (Å²) in [5, 5.41) is 9.29. The zero-order valence-electron chi connectivity index (χ0n) is 9.79. The lowest BCUT2D eigenvalue weighted by Gasteiger charge is -2.15. The third-order valence-corrected chi connectivity index (χ3v) is 3.52. The van der Waals surface area contributed by atoms with E-state index in [9.17, 15) is 14.3 Å². The zero-order valence-corrected chi connectivity index (χ0v) is 9.79. The van der Waals surface area contributed by atoms with E-state index in [4.69, 9.17) is 0 Å². The average molecular weight is 236 g/mol. The average Bonchev–Trinajstić information content (AvgIpc) is 3.11. The summed E-state index contributed by atoms with van der Waals surface area (Å²) in [6.07, 6.45) is 3.55. The summed E-state index contributed by atoms with van der Waals surface area (Å²) >= 11 is 0. The van der Waals surface area contributed by atoms with Crippen molar-refractivity contribution in [3.63, 3.8) is 0 Å². The van der Waals surface area contributed by atoms with Crippen LogP contribution in [-0.2, 0) is 16.6 Å². The van der Waals surface area contributed by atoms with Crippen molar-refractivity contribution in [3.8, 4) is 0 Å². The third kappa shape index (κ3) is 2.33. The van der Waals surface area contributed by atoms with Gasteiger partial charge in [0, 0.05) is 0 Å². The lowest BCUT2D eigenvalue weighted by molar-refractivity contribution is -0.140. The zero-order chi connectivity index (χ0) is 12.3. The molecule has 1 N–H and O–H groups in total. The second-order valence-electron chi connectivity index (χ2n) is 4.69. The van der Waals surface area contributed by atoms with Gasteiger partial charge in [-0.2, -0.15) is 0 Å². The predicted octanol–water partition coefficient (Wildman–Crippen LogP) is 3.10. The lowest BCUT2D eigenvalue weighted by atomic mass is 9.89. The Kier molecular flexibility index (Phi) is 3.46. The van der Waals surface area contributed by atoms with E-state index in [0.29, 0.717) is 6.42 Å². The van der Waals surface area contributed by atoms with Gasteiger partial charge in [-0.15, -0.1) is 0 Å². The summed E-state index contributed by atoms with van der Waals surface area (Å²) in [4.78, 5) is 11.3. The number of aliphatic carboxylic acids is 1. The SMILES string of the molecule is O=C(O)C1(c2ccccc2CCCCF)CC1. The van der Waals surface area contributed by atoms with Gasteiger partial charge in [-0.25, -0.2) is 0 Å². The molecule has 1 saturated carbocycles. The van der Waals surface area contributed by atoms with E-state index >= 15 is 0 Å². The first-order chi connectivity index (χ1) is 8.20. The van der Waals surface area contributed by atoms with Crippen molar-refractivity contribution < 1.29 is 14.3 Å². The first-order valence-corrected chi connectivity index (χ1v) is 6.08.